The van der Waals surface area contributed by atoms with Gasteiger partial charge in [0.05, 0.1) is 6.61 Å². The molecule has 2 aromatic carbocycles. The number of nitrogens with zero attached hydrogens (tertiary/aromatic N) is 2. The van der Waals surface area contributed by atoms with Crippen molar-refractivity contribution in [3.8, 4) is 11.8 Å². The summed E-state index contributed by atoms with van der Waals surface area (Å²) in [7, 11) is 0. The lowest BCUT2D eigenvalue weighted by atomic mass is 10.2. The van der Waals surface area contributed by atoms with Crippen LogP contribution in [0.3, 0.4) is 0 Å². The topological polar surface area (TPSA) is 56.3 Å². The van der Waals surface area contributed by atoms with Gasteiger partial charge in [-0.25, -0.2) is 4.98 Å². The van der Waals surface area contributed by atoms with Crippen LogP contribution in [-0.2, 0) is 12.8 Å². The van der Waals surface area contributed by atoms with Crippen LogP contribution in [0, 0.1) is 0 Å². The third kappa shape index (κ3) is 6.10. The molecule has 0 amide bonds. The Morgan fingerprint density at radius 1 is 1.00 bits per heavy atom. The number of ether oxygens (including phenoxy) is 2. The number of hydrogen-bond acceptors (Lipinski definition) is 5. The van der Waals surface area contributed by atoms with E-state index >= 15 is 0 Å². The molecule has 0 aliphatic rings. The summed E-state index contributed by atoms with van der Waals surface area (Å²) in [6.45, 7) is 2.73. The van der Waals surface area contributed by atoms with Crippen molar-refractivity contribution < 1.29 is 22.6 Å². The van der Waals surface area contributed by atoms with Gasteiger partial charge in [-0.15, -0.1) is 0 Å². The van der Waals surface area contributed by atoms with Gasteiger partial charge < -0.3 is 14.8 Å². The van der Waals surface area contributed by atoms with E-state index in [2.05, 4.69) is 15.3 Å². The molecule has 0 radical (unpaired) electrons. The lowest BCUT2D eigenvalue weighted by Gasteiger charge is -2.15. The molecule has 0 saturated carbocycles. The molecule has 30 heavy (non-hydrogen) atoms. The maximum Gasteiger partial charge on any atom is 0.421 e. The minimum atomic E-state index is -4.62. The first-order valence-electron chi connectivity index (χ1n) is 9.56. The van der Waals surface area contributed by atoms with Crippen LogP contribution >= 0.6 is 0 Å². The first-order valence-corrected chi connectivity index (χ1v) is 9.56. The molecule has 0 aliphatic carbocycles. The van der Waals surface area contributed by atoms with Crippen LogP contribution in [0.15, 0.2) is 60.8 Å². The second-order valence-electron chi connectivity index (χ2n) is 6.54. The molecule has 0 bridgehead atoms. The van der Waals surface area contributed by atoms with Crippen LogP contribution in [0.4, 0.5) is 24.7 Å². The van der Waals surface area contributed by atoms with Crippen molar-refractivity contribution >= 4 is 11.5 Å². The van der Waals surface area contributed by atoms with E-state index in [1.165, 1.54) is 0 Å². The summed E-state index contributed by atoms with van der Waals surface area (Å²) in [5.41, 5.74) is 0.293. The van der Waals surface area contributed by atoms with Crippen molar-refractivity contribution in [2.75, 3.05) is 11.9 Å². The molecule has 158 valence electrons. The van der Waals surface area contributed by atoms with Gasteiger partial charge in [-0.1, -0.05) is 49.7 Å². The Labute approximate surface area is 172 Å². The Hall–Kier alpha value is -3.29. The molecule has 0 aliphatic heterocycles. The molecule has 0 fully saturated rings. The molecule has 8 heteroatoms. The van der Waals surface area contributed by atoms with E-state index in [9.17, 15) is 13.2 Å². The number of benzene rings is 2. The minimum Gasteiger partial charge on any atom is -0.494 e. The van der Waals surface area contributed by atoms with Crippen LogP contribution in [-0.4, -0.2) is 16.6 Å². The highest BCUT2D eigenvalue weighted by atomic mass is 19.4. The van der Waals surface area contributed by atoms with Crippen LogP contribution in [0.1, 0.15) is 30.9 Å². The van der Waals surface area contributed by atoms with E-state index in [-0.39, 0.29) is 18.4 Å². The first-order chi connectivity index (χ1) is 14.5. The second kappa shape index (κ2) is 9.96. The van der Waals surface area contributed by atoms with Gasteiger partial charge in [-0.3, -0.25) is 0 Å². The third-order valence-corrected chi connectivity index (χ3v) is 4.15. The summed E-state index contributed by atoms with van der Waals surface area (Å²) in [5, 5.41) is 2.72. The van der Waals surface area contributed by atoms with E-state index in [4.69, 9.17) is 9.47 Å². The number of aromatic nitrogens is 2. The fourth-order valence-electron chi connectivity index (χ4n) is 2.59. The highest BCUT2D eigenvalue weighted by molar-refractivity contribution is 5.61. The maximum absolute atomic E-state index is 13.4. The van der Waals surface area contributed by atoms with E-state index in [0.717, 1.165) is 24.6 Å². The molecular formula is C22H22F3N3O2. The molecule has 3 rings (SSSR count). The summed E-state index contributed by atoms with van der Waals surface area (Å²) in [4.78, 5) is 7.66. The summed E-state index contributed by atoms with van der Waals surface area (Å²) >= 11 is 0. The molecule has 0 saturated heterocycles. The number of nitrogens with one attached hydrogen (secondary N) is 1. The number of anilines is 2. The largest absolute Gasteiger partial charge is 0.494 e. The highest BCUT2D eigenvalue weighted by Crippen LogP contribution is 2.35. The van der Waals surface area contributed by atoms with Crippen molar-refractivity contribution in [1.82, 2.24) is 9.97 Å². The van der Waals surface area contributed by atoms with Gasteiger partial charge in [0, 0.05) is 18.0 Å². The quantitative estimate of drug-likeness (QED) is 0.433. The zero-order valence-corrected chi connectivity index (χ0v) is 16.4. The molecule has 1 heterocycles. The predicted octanol–water partition coefficient (Wildman–Crippen LogP) is 6.00. The van der Waals surface area contributed by atoms with Gasteiger partial charge in [-0.2, -0.15) is 18.2 Å². The minimum absolute atomic E-state index is 0.145. The van der Waals surface area contributed by atoms with Gasteiger partial charge in [-0.05, 0) is 24.1 Å². The monoisotopic (exact) mass is 417 g/mol. The van der Waals surface area contributed by atoms with Gasteiger partial charge in [0.2, 0.25) is 0 Å². The van der Waals surface area contributed by atoms with Crippen molar-refractivity contribution in [1.29, 1.82) is 0 Å². The second-order valence-corrected chi connectivity index (χ2v) is 6.54. The average Bonchev–Trinajstić information content (AvgIpc) is 2.73. The summed E-state index contributed by atoms with van der Waals surface area (Å²) < 4.78 is 51.4. The summed E-state index contributed by atoms with van der Waals surface area (Å²) in [5.74, 6) is 0.183. The van der Waals surface area contributed by atoms with Crippen molar-refractivity contribution in [3.63, 3.8) is 0 Å². The van der Waals surface area contributed by atoms with E-state index in [1.807, 2.05) is 37.3 Å². The fourth-order valence-corrected chi connectivity index (χ4v) is 2.59. The Kier molecular flexibility index (Phi) is 7.11. The SMILES string of the molecule is CCCCOc1cccc(Nc2nc(OCc3ccccc3)ncc2C(F)(F)F)c1. The number of rotatable bonds is 9. The molecule has 0 spiro atoms. The van der Waals surface area contributed by atoms with Crippen molar-refractivity contribution in [2.45, 2.75) is 32.5 Å². The van der Waals surface area contributed by atoms with E-state index in [1.54, 1.807) is 24.3 Å². The fraction of sp³-hybridized carbons (Fsp3) is 0.273. The summed E-state index contributed by atoms with van der Waals surface area (Å²) in [6.07, 6.45) is -2.02. The Morgan fingerprint density at radius 2 is 1.80 bits per heavy atom. The lowest BCUT2D eigenvalue weighted by Crippen LogP contribution is -2.12. The summed E-state index contributed by atoms with van der Waals surface area (Å²) in [6, 6.07) is 15.8. The van der Waals surface area contributed by atoms with Gasteiger partial charge in [0.15, 0.2) is 0 Å². The van der Waals surface area contributed by atoms with Crippen molar-refractivity contribution in [2.24, 2.45) is 0 Å². The number of unbranched alkanes of at least 4 members (excludes halogenated alkanes) is 1. The standard InChI is InChI=1S/C22H22F3N3O2/c1-2-3-12-29-18-11-7-10-17(13-18)27-20-19(22(23,24)25)14-26-21(28-20)30-15-16-8-5-4-6-9-16/h4-11,13-14H,2-3,12,15H2,1H3,(H,26,27,28). The molecule has 1 N–H and O–H groups in total. The molecule has 5 nitrogen and oxygen atoms in total. The van der Waals surface area contributed by atoms with Crippen LogP contribution in [0.25, 0.3) is 0 Å². The van der Waals surface area contributed by atoms with Crippen molar-refractivity contribution in [3.05, 3.63) is 71.9 Å². The zero-order chi connectivity index (χ0) is 21.4. The molecule has 0 atom stereocenters. The molecule has 1 aromatic heterocycles. The zero-order valence-electron chi connectivity index (χ0n) is 16.4. The van der Waals surface area contributed by atoms with Gasteiger partial charge in [0.1, 0.15) is 23.7 Å². The Balaban J connectivity index is 1.80. The average molecular weight is 417 g/mol. The van der Waals surface area contributed by atoms with Gasteiger partial charge >= 0.3 is 12.2 Å². The smallest absolute Gasteiger partial charge is 0.421 e. The molecule has 0 unspecified atom stereocenters. The Bertz CT molecular complexity index is 950. The van der Waals surface area contributed by atoms with Crippen LogP contribution in [0.2, 0.25) is 0 Å². The normalized spacial score (nSPS) is 11.2. The first kappa shape index (κ1) is 21.4. The number of alkyl halides is 3. The van der Waals surface area contributed by atoms with Gasteiger partial charge in [0.25, 0.3) is 0 Å². The lowest BCUT2D eigenvalue weighted by molar-refractivity contribution is -0.137. The molecule has 3 aromatic rings. The number of halogens is 3. The van der Waals surface area contributed by atoms with Crippen LogP contribution < -0.4 is 14.8 Å². The Morgan fingerprint density at radius 3 is 2.53 bits per heavy atom. The molecular weight excluding hydrogens is 395 g/mol. The maximum atomic E-state index is 13.4. The van der Waals surface area contributed by atoms with E-state index < -0.39 is 11.7 Å². The number of hydrogen-bond donors (Lipinski definition) is 1. The van der Waals surface area contributed by atoms with E-state index in [0.29, 0.717) is 18.0 Å². The third-order valence-electron chi connectivity index (χ3n) is 4.15. The van der Waals surface area contributed by atoms with Crippen LogP contribution in [0.5, 0.6) is 11.8 Å². The highest BCUT2D eigenvalue weighted by Gasteiger charge is 2.35. The predicted molar refractivity (Wildman–Crippen MR) is 108 cm³/mol.